The predicted octanol–water partition coefficient (Wildman–Crippen LogP) is 1.87. The third-order valence-electron chi connectivity index (χ3n) is 2.95. The van der Waals surface area contributed by atoms with Crippen LogP contribution in [0.5, 0.6) is 0 Å². The Bertz CT molecular complexity index is 655. The first-order chi connectivity index (χ1) is 9.54. The molecule has 0 amide bonds. The van der Waals surface area contributed by atoms with Gasteiger partial charge in [0.05, 0.1) is 0 Å². The molecule has 1 heterocycles. The first kappa shape index (κ1) is 14.5. The molecule has 0 unspecified atom stereocenters. The summed E-state index contributed by atoms with van der Waals surface area (Å²) in [5.74, 6) is 0.301. The van der Waals surface area contributed by atoms with E-state index in [1.165, 1.54) is 22.6 Å². The molecule has 5 nitrogen and oxygen atoms in total. The fraction of sp³-hybridized carbons (Fsp3) is 0.214. The van der Waals surface area contributed by atoms with Crippen molar-refractivity contribution < 1.29 is 8.42 Å². The van der Waals surface area contributed by atoms with Crippen LogP contribution in [0, 0.1) is 0 Å². The Morgan fingerprint density at radius 3 is 2.40 bits per heavy atom. The predicted molar refractivity (Wildman–Crippen MR) is 78.4 cm³/mol. The number of anilines is 1. The Kier molecular flexibility index (Phi) is 4.36. The average molecular weight is 291 g/mol. The molecule has 0 radical (unpaired) electrons. The molecule has 0 fully saturated rings. The first-order valence-corrected chi connectivity index (χ1v) is 7.73. The molecule has 0 bridgehead atoms. The van der Waals surface area contributed by atoms with Crippen LogP contribution in [0.2, 0.25) is 0 Å². The van der Waals surface area contributed by atoms with Crippen molar-refractivity contribution in [3.05, 3.63) is 54.2 Å². The van der Waals surface area contributed by atoms with Crippen LogP contribution in [0.1, 0.15) is 12.5 Å². The van der Waals surface area contributed by atoms with Crippen LogP contribution in [0.4, 0.5) is 5.82 Å². The van der Waals surface area contributed by atoms with Gasteiger partial charge < -0.3 is 5.73 Å². The summed E-state index contributed by atoms with van der Waals surface area (Å²) in [5, 5.41) is 0. The van der Waals surface area contributed by atoms with Crippen molar-refractivity contribution in [2.24, 2.45) is 0 Å². The summed E-state index contributed by atoms with van der Waals surface area (Å²) in [4.78, 5) is 4.00. The second kappa shape index (κ2) is 6.02. The molecule has 0 saturated heterocycles. The van der Waals surface area contributed by atoms with E-state index in [4.69, 9.17) is 5.73 Å². The van der Waals surface area contributed by atoms with E-state index in [0.717, 1.165) is 5.56 Å². The van der Waals surface area contributed by atoms with E-state index in [1.54, 1.807) is 0 Å². The van der Waals surface area contributed by atoms with Gasteiger partial charge in [0.25, 0.3) is 0 Å². The largest absolute Gasteiger partial charge is 0.384 e. The van der Waals surface area contributed by atoms with Gasteiger partial charge in [0.1, 0.15) is 10.7 Å². The van der Waals surface area contributed by atoms with Crippen LogP contribution in [0.3, 0.4) is 0 Å². The summed E-state index contributed by atoms with van der Waals surface area (Å²) in [6, 6.07) is 12.5. The van der Waals surface area contributed by atoms with Crippen molar-refractivity contribution in [3.8, 4) is 0 Å². The van der Waals surface area contributed by atoms with Crippen LogP contribution < -0.4 is 5.73 Å². The number of aromatic nitrogens is 1. The summed E-state index contributed by atoms with van der Waals surface area (Å²) in [7, 11) is -3.55. The molecule has 0 aliphatic heterocycles. The summed E-state index contributed by atoms with van der Waals surface area (Å²) in [6.45, 7) is 2.54. The van der Waals surface area contributed by atoms with E-state index in [-0.39, 0.29) is 4.90 Å². The minimum absolute atomic E-state index is 0.157. The molecule has 0 atom stereocenters. The van der Waals surface area contributed by atoms with Crippen molar-refractivity contribution >= 4 is 15.8 Å². The lowest BCUT2D eigenvalue weighted by atomic mass is 10.2. The number of hydrogen-bond donors (Lipinski definition) is 1. The second-order valence-electron chi connectivity index (χ2n) is 4.34. The third-order valence-corrected chi connectivity index (χ3v) is 4.86. The van der Waals surface area contributed by atoms with Crippen LogP contribution in [-0.2, 0) is 16.6 Å². The fourth-order valence-corrected chi connectivity index (χ4v) is 3.23. The molecule has 0 aliphatic rings. The summed E-state index contributed by atoms with van der Waals surface area (Å²) < 4.78 is 26.5. The van der Waals surface area contributed by atoms with E-state index in [0.29, 0.717) is 18.9 Å². The third kappa shape index (κ3) is 3.15. The van der Waals surface area contributed by atoms with Crippen LogP contribution in [0.25, 0.3) is 0 Å². The Labute approximate surface area is 119 Å². The molecule has 1 aromatic carbocycles. The quantitative estimate of drug-likeness (QED) is 0.912. The Morgan fingerprint density at radius 1 is 1.15 bits per heavy atom. The Morgan fingerprint density at radius 2 is 1.85 bits per heavy atom. The Balaban J connectivity index is 2.28. The number of sulfonamides is 1. The van der Waals surface area contributed by atoms with Gasteiger partial charge in [-0.1, -0.05) is 37.3 Å². The van der Waals surface area contributed by atoms with E-state index < -0.39 is 10.0 Å². The van der Waals surface area contributed by atoms with E-state index in [1.807, 2.05) is 37.3 Å². The molecule has 2 rings (SSSR count). The number of nitrogens with two attached hydrogens (primary N) is 1. The maximum atomic E-state index is 12.5. The van der Waals surface area contributed by atoms with Gasteiger partial charge in [-0.2, -0.15) is 4.31 Å². The molecular weight excluding hydrogens is 274 g/mol. The second-order valence-corrected chi connectivity index (χ2v) is 6.27. The highest BCUT2D eigenvalue weighted by atomic mass is 32.2. The first-order valence-electron chi connectivity index (χ1n) is 6.29. The number of nitrogen functional groups attached to an aromatic ring is 1. The number of hydrogen-bond acceptors (Lipinski definition) is 4. The molecule has 20 heavy (non-hydrogen) atoms. The smallest absolute Gasteiger partial charge is 0.244 e. The van der Waals surface area contributed by atoms with Crippen LogP contribution >= 0.6 is 0 Å². The monoisotopic (exact) mass is 291 g/mol. The molecule has 106 valence electrons. The lowest BCUT2D eigenvalue weighted by Gasteiger charge is -2.20. The van der Waals surface area contributed by atoms with Gasteiger partial charge in [-0.25, -0.2) is 13.4 Å². The topological polar surface area (TPSA) is 76.3 Å². The highest BCUT2D eigenvalue weighted by Crippen LogP contribution is 2.18. The van der Waals surface area contributed by atoms with Gasteiger partial charge in [0.2, 0.25) is 10.0 Å². The van der Waals surface area contributed by atoms with Crippen molar-refractivity contribution in [1.82, 2.24) is 9.29 Å². The van der Waals surface area contributed by atoms with Gasteiger partial charge in [-0.15, -0.1) is 0 Å². The molecule has 1 aromatic heterocycles. The zero-order valence-corrected chi connectivity index (χ0v) is 12.0. The maximum absolute atomic E-state index is 12.5. The molecule has 0 saturated carbocycles. The Hall–Kier alpha value is -1.92. The van der Waals surface area contributed by atoms with Crippen molar-refractivity contribution in [1.29, 1.82) is 0 Å². The average Bonchev–Trinajstić information content (AvgIpc) is 2.46. The highest BCUT2D eigenvalue weighted by Gasteiger charge is 2.23. The van der Waals surface area contributed by atoms with Crippen molar-refractivity contribution in [2.75, 3.05) is 12.3 Å². The van der Waals surface area contributed by atoms with Gasteiger partial charge in [-0.05, 0) is 17.7 Å². The van der Waals surface area contributed by atoms with Gasteiger partial charge in [0.15, 0.2) is 0 Å². The number of pyridine rings is 1. The van der Waals surface area contributed by atoms with E-state index >= 15 is 0 Å². The number of rotatable bonds is 5. The normalized spacial score (nSPS) is 11.7. The molecule has 2 aromatic rings. The van der Waals surface area contributed by atoms with E-state index in [2.05, 4.69) is 4.98 Å². The van der Waals surface area contributed by atoms with Gasteiger partial charge >= 0.3 is 0 Å². The molecule has 2 N–H and O–H groups in total. The lowest BCUT2D eigenvalue weighted by Crippen LogP contribution is -2.30. The van der Waals surface area contributed by atoms with E-state index in [9.17, 15) is 8.42 Å². The minimum atomic E-state index is -3.55. The van der Waals surface area contributed by atoms with Gasteiger partial charge in [-0.3, -0.25) is 0 Å². The van der Waals surface area contributed by atoms with Crippen molar-refractivity contribution in [2.45, 2.75) is 18.4 Å². The minimum Gasteiger partial charge on any atom is -0.384 e. The zero-order chi connectivity index (χ0) is 14.6. The zero-order valence-electron chi connectivity index (χ0n) is 11.2. The van der Waals surface area contributed by atoms with Crippen molar-refractivity contribution in [3.63, 3.8) is 0 Å². The van der Waals surface area contributed by atoms with Crippen LogP contribution in [-0.4, -0.2) is 24.3 Å². The molecule has 6 heteroatoms. The summed E-state index contributed by atoms with van der Waals surface area (Å²) in [5.41, 5.74) is 6.43. The molecular formula is C14H17N3O2S. The summed E-state index contributed by atoms with van der Waals surface area (Å²) in [6.07, 6.45) is 1.29. The summed E-state index contributed by atoms with van der Waals surface area (Å²) >= 11 is 0. The lowest BCUT2D eigenvalue weighted by molar-refractivity contribution is 0.423. The maximum Gasteiger partial charge on any atom is 0.244 e. The van der Waals surface area contributed by atoms with Crippen LogP contribution in [0.15, 0.2) is 53.6 Å². The number of benzene rings is 1. The fourth-order valence-electron chi connectivity index (χ4n) is 1.85. The SMILES string of the molecule is CCN(Cc1ccccc1)S(=O)(=O)c1ccc(N)nc1. The number of nitrogens with zero attached hydrogens (tertiary/aromatic N) is 2. The highest BCUT2D eigenvalue weighted by molar-refractivity contribution is 7.89. The van der Waals surface area contributed by atoms with Gasteiger partial charge in [0, 0.05) is 19.3 Å². The standard InChI is InChI=1S/C14H17N3O2S/c1-2-17(11-12-6-4-3-5-7-12)20(18,19)13-8-9-14(15)16-10-13/h3-10H,2,11H2,1H3,(H2,15,16). The molecule has 0 spiro atoms. The molecule has 0 aliphatic carbocycles.